The summed E-state index contributed by atoms with van der Waals surface area (Å²) >= 11 is 0. The quantitative estimate of drug-likeness (QED) is 0.281. The molecule has 0 radical (unpaired) electrons. The van der Waals surface area contributed by atoms with E-state index in [0.29, 0.717) is 0 Å². The van der Waals surface area contributed by atoms with Crippen LogP contribution in [-0.2, 0) is 6.42 Å². The summed E-state index contributed by atoms with van der Waals surface area (Å²) in [6, 6.07) is 13.3. The molecule has 2 aromatic carbocycles. The highest BCUT2D eigenvalue weighted by Crippen LogP contribution is 2.21. The van der Waals surface area contributed by atoms with E-state index in [9.17, 15) is 0 Å². The van der Waals surface area contributed by atoms with E-state index in [0.717, 1.165) is 12.0 Å². The van der Waals surface area contributed by atoms with E-state index in [4.69, 9.17) is 0 Å². The molecular formula is C34H58. The van der Waals surface area contributed by atoms with Crippen LogP contribution in [0.5, 0.6) is 0 Å². The van der Waals surface area contributed by atoms with Crippen molar-refractivity contribution in [3.63, 3.8) is 0 Å². The predicted molar refractivity (Wildman–Crippen MR) is 165 cm³/mol. The SMILES string of the molecule is C.C=CC(C)(C)/C=C\C(=C)C.C=CCC.CC.CC.CCCCc1cc(C)c2ccccc2c1. The van der Waals surface area contributed by atoms with Gasteiger partial charge < -0.3 is 0 Å². The molecule has 0 nitrogen and oxygen atoms in total. The van der Waals surface area contributed by atoms with Crippen LogP contribution in [0.25, 0.3) is 10.8 Å². The number of aryl methyl sites for hydroxylation is 2. The number of fused-ring (bicyclic) bond motifs is 1. The molecule has 194 valence electrons. The largest absolute Gasteiger partial charge is 0.103 e. The number of hydrogen-bond donors (Lipinski definition) is 0. The summed E-state index contributed by atoms with van der Waals surface area (Å²) in [5, 5.41) is 2.77. The van der Waals surface area contributed by atoms with Gasteiger partial charge in [-0.1, -0.05) is 142 Å². The third-order valence-corrected chi connectivity index (χ3v) is 4.56. The molecule has 0 aliphatic rings. The molecule has 0 heterocycles. The van der Waals surface area contributed by atoms with E-state index in [-0.39, 0.29) is 12.8 Å². The molecule has 0 spiro atoms. The minimum absolute atomic E-state index is 0. The fourth-order valence-corrected chi connectivity index (χ4v) is 2.53. The van der Waals surface area contributed by atoms with Crippen LogP contribution in [-0.4, -0.2) is 0 Å². The molecule has 0 unspecified atom stereocenters. The molecule has 2 rings (SSSR count). The average Bonchev–Trinajstić information content (AvgIpc) is 2.84. The second-order valence-electron chi connectivity index (χ2n) is 8.14. The van der Waals surface area contributed by atoms with Crippen LogP contribution in [0, 0.1) is 12.3 Å². The zero-order valence-electron chi connectivity index (χ0n) is 23.7. The minimum Gasteiger partial charge on any atom is -0.103 e. The Labute approximate surface area is 215 Å². The molecule has 34 heavy (non-hydrogen) atoms. The Hall–Kier alpha value is -2.34. The fraction of sp³-hybridized carbons (Fsp3) is 0.471. The molecule has 0 fully saturated rings. The van der Waals surface area contributed by atoms with Crippen LogP contribution < -0.4 is 0 Å². The van der Waals surface area contributed by atoms with Crippen molar-refractivity contribution in [3.8, 4) is 0 Å². The maximum atomic E-state index is 3.77. The first-order valence-electron chi connectivity index (χ1n) is 12.8. The molecular weight excluding hydrogens is 408 g/mol. The molecule has 0 heteroatoms. The summed E-state index contributed by atoms with van der Waals surface area (Å²) in [5.41, 5.74) is 4.06. The van der Waals surface area contributed by atoms with Gasteiger partial charge in [0.05, 0.1) is 0 Å². The van der Waals surface area contributed by atoms with Crippen LogP contribution in [0.2, 0.25) is 0 Å². The molecule has 0 aliphatic heterocycles. The van der Waals surface area contributed by atoms with E-state index < -0.39 is 0 Å². The molecule has 0 amide bonds. The summed E-state index contributed by atoms with van der Waals surface area (Å²) in [7, 11) is 0. The molecule has 0 atom stereocenters. The molecule has 2 aromatic rings. The van der Waals surface area contributed by atoms with Gasteiger partial charge >= 0.3 is 0 Å². The third kappa shape index (κ3) is 20.3. The van der Waals surface area contributed by atoms with E-state index >= 15 is 0 Å². The zero-order valence-corrected chi connectivity index (χ0v) is 23.7. The normalized spacial score (nSPS) is 9.35. The van der Waals surface area contributed by atoms with Crippen LogP contribution in [0.3, 0.4) is 0 Å². The highest BCUT2D eigenvalue weighted by atomic mass is 14.1. The van der Waals surface area contributed by atoms with Gasteiger partial charge in [-0.05, 0) is 55.0 Å². The van der Waals surface area contributed by atoms with E-state index in [1.807, 2.05) is 52.8 Å². The minimum atomic E-state index is 0. The van der Waals surface area contributed by atoms with Crippen molar-refractivity contribution in [3.05, 3.63) is 97.1 Å². The Morgan fingerprint density at radius 1 is 0.971 bits per heavy atom. The van der Waals surface area contributed by atoms with E-state index in [2.05, 4.69) is 96.8 Å². The van der Waals surface area contributed by atoms with Gasteiger partial charge in [-0.2, -0.15) is 0 Å². The predicted octanol–water partition coefficient (Wildman–Crippen LogP) is 12.1. The Morgan fingerprint density at radius 3 is 1.94 bits per heavy atom. The van der Waals surface area contributed by atoms with Crippen molar-refractivity contribution in [2.45, 2.75) is 102 Å². The average molecular weight is 467 g/mol. The lowest BCUT2D eigenvalue weighted by Gasteiger charge is -2.12. The topological polar surface area (TPSA) is 0 Å². The van der Waals surface area contributed by atoms with Gasteiger partial charge in [0.15, 0.2) is 0 Å². The van der Waals surface area contributed by atoms with Gasteiger partial charge in [0.2, 0.25) is 0 Å². The highest BCUT2D eigenvalue weighted by Gasteiger charge is 2.05. The zero-order chi connectivity index (χ0) is 26.3. The van der Waals surface area contributed by atoms with Crippen LogP contribution >= 0.6 is 0 Å². The Balaban J connectivity index is -0.000000207. The summed E-state index contributed by atoms with van der Waals surface area (Å²) in [5.74, 6) is 0. The maximum absolute atomic E-state index is 3.77. The van der Waals surface area contributed by atoms with Gasteiger partial charge in [0, 0.05) is 5.41 Å². The highest BCUT2D eigenvalue weighted by molar-refractivity contribution is 5.86. The number of unbranched alkanes of at least 4 members (excludes halogenated alkanes) is 1. The van der Waals surface area contributed by atoms with Crippen LogP contribution in [0.4, 0.5) is 0 Å². The van der Waals surface area contributed by atoms with Crippen molar-refractivity contribution >= 4 is 10.8 Å². The van der Waals surface area contributed by atoms with E-state index in [1.165, 1.54) is 41.2 Å². The van der Waals surface area contributed by atoms with Gasteiger partial charge in [0.1, 0.15) is 0 Å². The first-order chi connectivity index (χ1) is 15.7. The third-order valence-electron chi connectivity index (χ3n) is 4.56. The Morgan fingerprint density at radius 2 is 1.50 bits per heavy atom. The smallest absolute Gasteiger partial charge is 0.000494 e. The second kappa shape index (κ2) is 25.3. The summed E-state index contributed by atoms with van der Waals surface area (Å²) < 4.78 is 0. The van der Waals surface area contributed by atoms with Crippen molar-refractivity contribution in [2.75, 3.05) is 0 Å². The van der Waals surface area contributed by atoms with E-state index in [1.54, 1.807) is 0 Å². The number of hydrogen-bond acceptors (Lipinski definition) is 0. The Kier molecular flexibility index (Phi) is 28.9. The van der Waals surface area contributed by atoms with Crippen molar-refractivity contribution < 1.29 is 0 Å². The molecule has 0 saturated heterocycles. The molecule has 0 aliphatic carbocycles. The fourth-order valence-electron chi connectivity index (χ4n) is 2.53. The molecule has 0 bridgehead atoms. The standard InChI is InChI=1S/C15H18.C10H16.C4H8.2C2H6.CH4/c1-3-4-7-13-10-12(2)15-9-6-5-8-14(15)11-13;1-6-10(4,5)8-7-9(2)3;1-3-4-2;2*1-2;/h5-6,8-11H,3-4,7H2,1-2H3;6-8H,1-2H2,3-5H3;3H,1,4H2,2H3;2*1-2H3;1H4/b;8-7-;;;;. The van der Waals surface area contributed by atoms with Crippen molar-refractivity contribution in [1.29, 1.82) is 0 Å². The van der Waals surface area contributed by atoms with Gasteiger partial charge in [-0.3, -0.25) is 0 Å². The van der Waals surface area contributed by atoms with Crippen molar-refractivity contribution in [2.24, 2.45) is 5.41 Å². The first-order valence-corrected chi connectivity index (χ1v) is 12.8. The first kappa shape index (κ1) is 38.9. The lowest BCUT2D eigenvalue weighted by molar-refractivity contribution is 0.627. The number of benzene rings is 2. The lowest BCUT2D eigenvalue weighted by atomic mass is 9.93. The summed E-state index contributed by atoms with van der Waals surface area (Å²) in [6.45, 7) is 31.7. The molecule has 0 aromatic heterocycles. The summed E-state index contributed by atoms with van der Waals surface area (Å²) in [4.78, 5) is 0. The lowest BCUT2D eigenvalue weighted by Crippen LogP contribution is -2.00. The number of rotatable bonds is 7. The monoisotopic (exact) mass is 466 g/mol. The van der Waals surface area contributed by atoms with Gasteiger partial charge in [0.25, 0.3) is 0 Å². The Bertz CT molecular complexity index is 787. The maximum Gasteiger partial charge on any atom is 0.000494 e. The number of allylic oxidation sites excluding steroid dienone is 5. The van der Waals surface area contributed by atoms with Crippen LogP contribution in [0.15, 0.2) is 86.0 Å². The van der Waals surface area contributed by atoms with Crippen LogP contribution in [0.1, 0.15) is 100 Å². The molecule has 0 saturated carbocycles. The van der Waals surface area contributed by atoms with Gasteiger partial charge in [-0.25, -0.2) is 0 Å². The second-order valence-corrected chi connectivity index (χ2v) is 8.14. The van der Waals surface area contributed by atoms with Gasteiger partial charge in [-0.15, -0.1) is 13.2 Å². The molecule has 0 N–H and O–H groups in total. The van der Waals surface area contributed by atoms with Crippen molar-refractivity contribution in [1.82, 2.24) is 0 Å². The summed E-state index contributed by atoms with van der Waals surface area (Å²) in [6.07, 6.45) is 12.8.